The van der Waals surface area contributed by atoms with Crippen molar-refractivity contribution in [3.63, 3.8) is 0 Å². The third-order valence-corrected chi connectivity index (χ3v) is 3.40. The summed E-state index contributed by atoms with van der Waals surface area (Å²) in [7, 11) is 0. The molecule has 116 valence electrons. The fourth-order valence-corrected chi connectivity index (χ4v) is 2.06. The summed E-state index contributed by atoms with van der Waals surface area (Å²) in [5, 5.41) is 4.90. The van der Waals surface area contributed by atoms with Crippen LogP contribution in [0.3, 0.4) is 0 Å². The van der Waals surface area contributed by atoms with E-state index in [0.717, 1.165) is 16.3 Å². The summed E-state index contributed by atoms with van der Waals surface area (Å²) in [5.74, 6) is -0.414. The van der Waals surface area contributed by atoms with Gasteiger partial charge in [0.15, 0.2) is 0 Å². The van der Waals surface area contributed by atoms with E-state index >= 15 is 0 Å². The minimum absolute atomic E-state index is 0.364. The van der Waals surface area contributed by atoms with Crippen LogP contribution in [0, 0.1) is 0 Å². The lowest BCUT2D eigenvalue weighted by Gasteiger charge is -2.12. The highest BCUT2D eigenvalue weighted by Crippen LogP contribution is 2.17. The first kappa shape index (κ1) is 15.8. The molecule has 0 heterocycles. The first-order valence-corrected chi connectivity index (χ1v) is 7.17. The number of hydrogen-bond acceptors (Lipinski definition) is 3. The molecule has 0 spiro atoms. The fourth-order valence-electron chi connectivity index (χ4n) is 2.06. The first-order chi connectivity index (χ1) is 10.6. The molecule has 2 aromatic carbocycles. The van der Waals surface area contributed by atoms with Crippen molar-refractivity contribution in [2.45, 2.75) is 25.9 Å². The van der Waals surface area contributed by atoms with Crippen molar-refractivity contribution in [2.75, 3.05) is 0 Å². The van der Waals surface area contributed by atoms with Crippen LogP contribution in [0.15, 0.2) is 42.5 Å². The van der Waals surface area contributed by atoms with Crippen molar-refractivity contribution in [1.82, 2.24) is 16.2 Å². The minimum atomic E-state index is -0.627. The number of nitrogens with one attached hydrogen (secondary N) is 3. The molecule has 0 saturated heterocycles. The quantitative estimate of drug-likeness (QED) is 0.643. The van der Waals surface area contributed by atoms with Crippen LogP contribution in [0.4, 0.5) is 4.79 Å². The van der Waals surface area contributed by atoms with E-state index in [4.69, 9.17) is 5.73 Å². The Bertz CT molecular complexity index is 667. The number of urea groups is 1. The third kappa shape index (κ3) is 3.95. The Balaban J connectivity index is 1.89. The van der Waals surface area contributed by atoms with Gasteiger partial charge in [-0.25, -0.2) is 10.2 Å². The molecule has 2 rings (SSSR count). The lowest BCUT2D eigenvalue weighted by atomic mass is 10.0. The largest absolute Gasteiger partial charge is 0.333 e. The van der Waals surface area contributed by atoms with Crippen LogP contribution < -0.4 is 21.9 Å². The van der Waals surface area contributed by atoms with Gasteiger partial charge in [0, 0.05) is 6.54 Å². The molecule has 3 amide bonds. The molecule has 22 heavy (non-hydrogen) atoms. The van der Waals surface area contributed by atoms with Crippen molar-refractivity contribution >= 4 is 22.7 Å². The number of benzene rings is 2. The Morgan fingerprint density at radius 2 is 1.82 bits per heavy atom. The maximum Gasteiger partial charge on any atom is 0.333 e. The van der Waals surface area contributed by atoms with Crippen LogP contribution in [0.25, 0.3) is 10.8 Å². The van der Waals surface area contributed by atoms with Crippen molar-refractivity contribution in [3.05, 3.63) is 48.0 Å². The van der Waals surface area contributed by atoms with Gasteiger partial charge in [-0.05, 0) is 22.8 Å². The van der Waals surface area contributed by atoms with Crippen LogP contribution in [-0.4, -0.2) is 18.0 Å². The highest BCUT2D eigenvalue weighted by atomic mass is 16.2. The zero-order valence-corrected chi connectivity index (χ0v) is 12.4. The summed E-state index contributed by atoms with van der Waals surface area (Å²) in [6.45, 7) is 2.16. The number of hydrogen-bond donors (Lipinski definition) is 4. The molecule has 6 heteroatoms. The van der Waals surface area contributed by atoms with E-state index in [1.54, 1.807) is 6.92 Å². The summed E-state index contributed by atoms with van der Waals surface area (Å²) in [5.41, 5.74) is 11.1. The van der Waals surface area contributed by atoms with E-state index in [2.05, 4.69) is 16.2 Å². The molecule has 0 fully saturated rings. The second kappa shape index (κ2) is 7.42. The van der Waals surface area contributed by atoms with E-state index in [-0.39, 0.29) is 0 Å². The van der Waals surface area contributed by atoms with E-state index < -0.39 is 18.0 Å². The predicted molar refractivity (Wildman–Crippen MR) is 85.7 cm³/mol. The molecular formula is C16H20N4O2. The molecule has 0 aliphatic carbocycles. The number of fused-ring (bicyclic) bond motifs is 1. The standard InChI is InChI=1S/C16H20N4O2/c1-2-14(17)15(21)19-20-16(22)18-10-12-8-5-7-11-6-3-4-9-13(11)12/h3-9,14H,2,10,17H2,1H3,(H,19,21)(H2,18,20,22)/t14-/m1/s1. The Morgan fingerprint density at radius 3 is 2.59 bits per heavy atom. The minimum Gasteiger partial charge on any atom is -0.333 e. The molecule has 0 radical (unpaired) electrons. The highest BCUT2D eigenvalue weighted by Gasteiger charge is 2.11. The number of rotatable bonds is 4. The van der Waals surface area contributed by atoms with Gasteiger partial charge in [-0.2, -0.15) is 0 Å². The van der Waals surface area contributed by atoms with Gasteiger partial charge >= 0.3 is 6.03 Å². The molecule has 1 atom stereocenters. The van der Waals surface area contributed by atoms with Crippen molar-refractivity contribution in [3.8, 4) is 0 Å². The Labute approximate surface area is 129 Å². The highest BCUT2D eigenvalue weighted by molar-refractivity contribution is 5.87. The molecular weight excluding hydrogens is 280 g/mol. The average Bonchev–Trinajstić information content (AvgIpc) is 2.56. The predicted octanol–water partition coefficient (Wildman–Crippen LogP) is 1.41. The van der Waals surface area contributed by atoms with E-state index in [1.165, 1.54) is 0 Å². The Kier molecular flexibility index (Phi) is 5.32. The zero-order chi connectivity index (χ0) is 15.9. The van der Waals surface area contributed by atoms with Gasteiger partial charge < -0.3 is 11.1 Å². The van der Waals surface area contributed by atoms with E-state index in [9.17, 15) is 9.59 Å². The summed E-state index contributed by atoms with van der Waals surface area (Å²) in [4.78, 5) is 23.1. The summed E-state index contributed by atoms with van der Waals surface area (Å²) in [6.07, 6.45) is 0.505. The molecule has 6 nitrogen and oxygen atoms in total. The van der Waals surface area contributed by atoms with Crippen LogP contribution in [0.5, 0.6) is 0 Å². The molecule has 0 unspecified atom stereocenters. The van der Waals surface area contributed by atoms with Crippen LogP contribution in [0.2, 0.25) is 0 Å². The van der Waals surface area contributed by atoms with Gasteiger partial charge in [-0.3, -0.25) is 10.2 Å². The number of nitrogens with two attached hydrogens (primary N) is 1. The molecule has 0 aromatic heterocycles. The monoisotopic (exact) mass is 300 g/mol. The number of carbonyl (C=O) groups is 2. The SMILES string of the molecule is CC[C@@H](N)C(=O)NNC(=O)NCc1cccc2ccccc12. The van der Waals surface area contributed by atoms with Gasteiger partial charge in [-0.15, -0.1) is 0 Å². The number of hydrazine groups is 1. The van der Waals surface area contributed by atoms with Crippen LogP contribution in [-0.2, 0) is 11.3 Å². The van der Waals surface area contributed by atoms with Gasteiger partial charge in [0.25, 0.3) is 5.91 Å². The summed E-state index contributed by atoms with van der Waals surface area (Å²) >= 11 is 0. The van der Waals surface area contributed by atoms with Gasteiger partial charge in [0.05, 0.1) is 6.04 Å². The first-order valence-electron chi connectivity index (χ1n) is 7.17. The van der Waals surface area contributed by atoms with E-state index in [1.807, 2.05) is 42.5 Å². The topological polar surface area (TPSA) is 96.2 Å². The third-order valence-electron chi connectivity index (χ3n) is 3.40. The Hall–Kier alpha value is -2.60. The average molecular weight is 300 g/mol. The molecule has 2 aromatic rings. The molecule has 0 bridgehead atoms. The molecule has 0 aliphatic heterocycles. The summed E-state index contributed by atoms with van der Waals surface area (Å²) in [6, 6.07) is 12.8. The molecule has 0 aliphatic rings. The van der Waals surface area contributed by atoms with E-state index in [0.29, 0.717) is 13.0 Å². The van der Waals surface area contributed by atoms with Crippen molar-refractivity contribution < 1.29 is 9.59 Å². The van der Waals surface area contributed by atoms with Crippen molar-refractivity contribution in [2.24, 2.45) is 5.73 Å². The lowest BCUT2D eigenvalue weighted by Crippen LogP contribution is -2.51. The lowest BCUT2D eigenvalue weighted by molar-refractivity contribution is -0.123. The zero-order valence-electron chi connectivity index (χ0n) is 12.4. The fraction of sp³-hybridized carbons (Fsp3) is 0.250. The second-order valence-electron chi connectivity index (χ2n) is 4.95. The normalized spacial score (nSPS) is 11.7. The van der Waals surface area contributed by atoms with Gasteiger partial charge in [-0.1, -0.05) is 49.4 Å². The number of amides is 3. The Morgan fingerprint density at radius 1 is 1.09 bits per heavy atom. The van der Waals surface area contributed by atoms with Crippen LogP contribution in [0.1, 0.15) is 18.9 Å². The maximum atomic E-state index is 11.7. The van der Waals surface area contributed by atoms with Gasteiger partial charge in [0.2, 0.25) is 0 Å². The van der Waals surface area contributed by atoms with Gasteiger partial charge in [0.1, 0.15) is 0 Å². The maximum absolute atomic E-state index is 11.7. The second-order valence-corrected chi connectivity index (χ2v) is 4.95. The van der Waals surface area contributed by atoms with Crippen LogP contribution >= 0.6 is 0 Å². The number of carbonyl (C=O) groups excluding carboxylic acids is 2. The molecule has 0 saturated carbocycles. The molecule has 5 N–H and O–H groups in total. The van der Waals surface area contributed by atoms with Crippen molar-refractivity contribution in [1.29, 1.82) is 0 Å². The summed E-state index contributed by atoms with van der Waals surface area (Å²) < 4.78 is 0. The smallest absolute Gasteiger partial charge is 0.333 e.